The van der Waals surface area contributed by atoms with Gasteiger partial charge in [-0.25, -0.2) is 0 Å². The smallest absolute Gasteiger partial charge is 0.261 e. The second-order valence-electron chi connectivity index (χ2n) is 2.66. The molecule has 1 aromatic carbocycles. The zero-order valence-corrected chi connectivity index (χ0v) is 8.67. The lowest BCUT2D eigenvalue weighted by Gasteiger charge is -1.94. The van der Waals surface area contributed by atoms with Crippen LogP contribution in [-0.2, 0) is 5.33 Å². The predicted molar refractivity (Wildman–Crippen MR) is 53.2 cm³/mol. The molecule has 4 heteroatoms. The molecule has 1 heterocycles. The Morgan fingerprint density at radius 3 is 3.08 bits per heavy atom. The molecule has 0 aliphatic rings. The largest absolute Gasteiger partial charge is 0.478 e. The van der Waals surface area contributed by atoms with E-state index in [0.29, 0.717) is 5.88 Å². The molecule has 0 atom stereocenters. The molecule has 0 bridgehead atoms. The second kappa shape index (κ2) is 3.38. The van der Waals surface area contributed by atoms with Crippen molar-refractivity contribution in [3.05, 3.63) is 23.8 Å². The predicted octanol–water partition coefficient (Wildman–Crippen LogP) is 2.73. The van der Waals surface area contributed by atoms with E-state index in [1.807, 2.05) is 18.2 Å². The van der Waals surface area contributed by atoms with E-state index < -0.39 is 0 Å². The van der Waals surface area contributed by atoms with Gasteiger partial charge in [0, 0.05) is 5.33 Å². The topological polar surface area (TPSA) is 35.3 Å². The highest BCUT2D eigenvalue weighted by molar-refractivity contribution is 9.08. The number of hydrogen-bond donors (Lipinski definition) is 0. The van der Waals surface area contributed by atoms with Crippen molar-refractivity contribution in [1.29, 1.82) is 0 Å². The minimum absolute atomic E-state index is 0.538. The van der Waals surface area contributed by atoms with E-state index in [2.05, 4.69) is 21.1 Å². The van der Waals surface area contributed by atoms with Crippen LogP contribution < -0.4 is 4.74 Å². The summed E-state index contributed by atoms with van der Waals surface area (Å²) < 4.78 is 10.1. The van der Waals surface area contributed by atoms with Crippen molar-refractivity contribution in [3.8, 4) is 5.88 Å². The third-order valence-electron chi connectivity index (χ3n) is 1.85. The van der Waals surface area contributed by atoms with Crippen LogP contribution in [0, 0.1) is 0 Å². The second-order valence-corrected chi connectivity index (χ2v) is 3.22. The molecule has 0 saturated heterocycles. The molecule has 0 radical (unpaired) electrons. The number of methoxy groups -OCH3 is 1. The van der Waals surface area contributed by atoms with Gasteiger partial charge in [0.05, 0.1) is 12.5 Å². The molecule has 0 amide bonds. The van der Waals surface area contributed by atoms with Gasteiger partial charge in [-0.1, -0.05) is 22.0 Å². The molecule has 0 spiro atoms. The third kappa shape index (κ3) is 1.42. The Hall–Kier alpha value is -1.03. The van der Waals surface area contributed by atoms with Gasteiger partial charge < -0.3 is 9.26 Å². The van der Waals surface area contributed by atoms with Gasteiger partial charge in [-0.3, -0.25) is 0 Å². The average molecular weight is 242 g/mol. The van der Waals surface area contributed by atoms with Crippen molar-refractivity contribution < 1.29 is 9.26 Å². The van der Waals surface area contributed by atoms with Crippen LogP contribution in [0.25, 0.3) is 11.0 Å². The number of rotatable bonds is 2. The molecule has 13 heavy (non-hydrogen) atoms. The Kier molecular flexibility index (Phi) is 2.22. The summed E-state index contributed by atoms with van der Waals surface area (Å²) in [7, 11) is 1.58. The zero-order valence-electron chi connectivity index (χ0n) is 7.08. The molecule has 0 aliphatic carbocycles. The van der Waals surface area contributed by atoms with Crippen LogP contribution in [0.3, 0.4) is 0 Å². The van der Waals surface area contributed by atoms with E-state index >= 15 is 0 Å². The zero-order chi connectivity index (χ0) is 9.26. The Bertz CT molecular complexity index is 424. The molecule has 2 rings (SSSR count). The number of aromatic nitrogens is 1. The number of hydrogen-bond acceptors (Lipinski definition) is 3. The van der Waals surface area contributed by atoms with Gasteiger partial charge in [0.1, 0.15) is 0 Å². The molecule has 0 saturated carbocycles. The molecule has 0 fully saturated rings. The maximum absolute atomic E-state index is 5.09. The van der Waals surface area contributed by atoms with Crippen LogP contribution in [0.4, 0.5) is 0 Å². The SMILES string of the molecule is COc1noc2cc(CBr)ccc12. The molecular formula is C9H8BrNO2. The number of fused-ring (bicyclic) bond motifs is 1. The number of nitrogens with zero attached hydrogens (tertiary/aromatic N) is 1. The Morgan fingerprint density at radius 2 is 2.38 bits per heavy atom. The number of ether oxygens (including phenoxy) is 1. The van der Waals surface area contributed by atoms with Crippen molar-refractivity contribution >= 4 is 26.9 Å². The highest BCUT2D eigenvalue weighted by Gasteiger charge is 2.07. The summed E-state index contributed by atoms with van der Waals surface area (Å²) in [5, 5.41) is 5.50. The Morgan fingerprint density at radius 1 is 1.54 bits per heavy atom. The van der Waals surface area contributed by atoms with Gasteiger partial charge in [-0.2, -0.15) is 0 Å². The molecular weight excluding hydrogens is 234 g/mol. The normalized spacial score (nSPS) is 10.6. The first-order chi connectivity index (χ1) is 6.35. The maximum atomic E-state index is 5.09. The molecule has 0 aliphatic heterocycles. The minimum Gasteiger partial charge on any atom is -0.478 e. The van der Waals surface area contributed by atoms with E-state index in [1.165, 1.54) is 0 Å². The fraction of sp³-hybridized carbons (Fsp3) is 0.222. The highest BCUT2D eigenvalue weighted by atomic mass is 79.9. The van der Waals surface area contributed by atoms with Gasteiger partial charge in [0.25, 0.3) is 5.88 Å². The van der Waals surface area contributed by atoms with Crippen LogP contribution in [0.2, 0.25) is 0 Å². The van der Waals surface area contributed by atoms with Gasteiger partial charge in [0.2, 0.25) is 0 Å². The quantitative estimate of drug-likeness (QED) is 0.759. The van der Waals surface area contributed by atoms with E-state index in [4.69, 9.17) is 9.26 Å². The Labute approximate surface area is 83.8 Å². The molecule has 3 nitrogen and oxygen atoms in total. The van der Waals surface area contributed by atoms with Gasteiger partial charge >= 0.3 is 0 Å². The lowest BCUT2D eigenvalue weighted by Crippen LogP contribution is -1.81. The highest BCUT2D eigenvalue weighted by Crippen LogP contribution is 2.25. The number of halogens is 1. The first-order valence-corrected chi connectivity index (χ1v) is 4.95. The van der Waals surface area contributed by atoms with Crippen LogP contribution in [0.15, 0.2) is 22.7 Å². The van der Waals surface area contributed by atoms with Crippen LogP contribution in [-0.4, -0.2) is 12.3 Å². The number of benzene rings is 1. The summed E-state index contributed by atoms with van der Waals surface area (Å²) in [5.41, 5.74) is 1.92. The van der Waals surface area contributed by atoms with Crippen LogP contribution >= 0.6 is 15.9 Å². The Balaban J connectivity index is 2.61. The molecule has 0 unspecified atom stereocenters. The summed E-state index contributed by atoms with van der Waals surface area (Å²) in [4.78, 5) is 0. The maximum Gasteiger partial charge on any atom is 0.261 e. The van der Waals surface area contributed by atoms with Crippen molar-refractivity contribution in [2.24, 2.45) is 0 Å². The van der Waals surface area contributed by atoms with E-state index in [-0.39, 0.29) is 0 Å². The van der Waals surface area contributed by atoms with Gasteiger partial charge in [-0.05, 0) is 22.9 Å². The first-order valence-electron chi connectivity index (χ1n) is 3.83. The summed E-state index contributed by atoms with van der Waals surface area (Å²) in [6, 6.07) is 5.90. The minimum atomic E-state index is 0.538. The van der Waals surface area contributed by atoms with Crippen molar-refractivity contribution in [2.45, 2.75) is 5.33 Å². The van der Waals surface area contributed by atoms with E-state index in [0.717, 1.165) is 21.9 Å². The van der Waals surface area contributed by atoms with Crippen LogP contribution in [0.1, 0.15) is 5.56 Å². The van der Waals surface area contributed by atoms with Crippen LogP contribution in [0.5, 0.6) is 5.88 Å². The van der Waals surface area contributed by atoms with E-state index in [1.54, 1.807) is 7.11 Å². The number of alkyl halides is 1. The lowest BCUT2D eigenvalue weighted by molar-refractivity contribution is 0.350. The summed E-state index contributed by atoms with van der Waals surface area (Å²) in [6.07, 6.45) is 0. The van der Waals surface area contributed by atoms with Gasteiger partial charge in [0.15, 0.2) is 5.58 Å². The van der Waals surface area contributed by atoms with Crippen molar-refractivity contribution in [1.82, 2.24) is 5.16 Å². The summed E-state index contributed by atoms with van der Waals surface area (Å²) in [6.45, 7) is 0. The van der Waals surface area contributed by atoms with E-state index in [9.17, 15) is 0 Å². The molecule has 68 valence electrons. The fourth-order valence-electron chi connectivity index (χ4n) is 1.19. The monoisotopic (exact) mass is 241 g/mol. The summed E-state index contributed by atoms with van der Waals surface area (Å²) in [5.74, 6) is 0.538. The lowest BCUT2D eigenvalue weighted by atomic mass is 10.2. The van der Waals surface area contributed by atoms with Crippen molar-refractivity contribution in [3.63, 3.8) is 0 Å². The molecule has 1 aromatic heterocycles. The third-order valence-corrected chi connectivity index (χ3v) is 2.50. The molecule has 2 aromatic rings. The van der Waals surface area contributed by atoms with Crippen molar-refractivity contribution in [2.75, 3.05) is 7.11 Å². The average Bonchev–Trinajstić information content (AvgIpc) is 2.59. The van der Waals surface area contributed by atoms with Gasteiger partial charge in [-0.15, -0.1) is 0 Å². The summed E-state index contributed by atoms with van der Waals surface area (Å²) >= 11 is 3.37. The standard InChI is InChI=1S/C9H8BrNO2/c1-12-9-7-3-2-6(5-10)4-8(7)13-11-9/h2-4H,5H2,1H3. The fourth-order valence-corrected chi connectivity index (χ4v) is 1.54. The first kappa shape index (κ1) is 8.56. The molecule has 0 N–H and O–H groups in total.